The van der Waals surface area contributed by atoms with Gasteiger partial charge in [-0.15, -0.1) is 0 Å². The molecular formula is C21H31N5O2. The molecule has 0 aliphatic carbocycles. The zero-order valence-corrected chi connectivity index (χ0v) is 17.0. The number of amides is 2. The highest BCUT2D eigenvalue weighted by molar-refractivity contribution is 5.88. The Kier molecular flexibility index (Phi) is 7.06. The Labute approximate surface area is 167 Å². The molecule has 1 aromatic carbocycles. The molecule has 1 saturated heterocycles. The minimum absolute atomic E-state index is 0.192. The van der Waals surface area contributed by atoms with Crippen LogP contribution in [0.5, 0.6) is 0 Å². The van der Waals surface area contributed by atoms with Gasteiger partial charge in [0.25, 0.3) is 0 Å². The molecular weight excluding hydrogens is 354 g/mol. The van der Waals surface area contributed by atoms with E-state index in [1.807, 2.05) is 36.4 Å². The number of carbonyl (C=O) groups is 1. The number of benzene rings is 1. The molecule has 2 amide bonds. The number of carbonyl (C=O) groups excluding carboxylic acids is 1. The standard InChI is InChI=1S/C21H31N5O2/c1-16(2)19-13-20(26(24-19)18-7-5-4-6-8-18)23-21(27)22-14-17-9-10-25(15-17)11-12-28-3/h4-8,13,16-17H,9-12,14-15H2,1-3H3,(H2,22,23,27). The first-order valence-corrected chi connectivity index (χ1v) is 9.98. The summed E-state index contributed by atoms with van der Waals surface area (Å²) in [6, 6.07) is 11.6. The summed E-state index contributed by atoms with van der Waals surface area (Å²) in [5, 5.41) is 10.7. The van der Waals surface area contributed by atoms with Gasteiger partial charge in [-0.25, -0.2) is 9.48 Å². The molecule has 1 aromatic heterocycles. The van der Waals surface area contributed by atoms with Crippen LogP contribution in [0.25, 0.3) is 5.69 Å². The van der Waals surface area contributed by atoms with Crippen LogP contribution in [0.2, 0.25) is 0 Å². The van der Waals surface area contributed by atoms with Gasteiger partial charge in [-0.1, -0.05) is 32.0 Å². The van der Waals surface area contributed by atoms with E-state index in [-0.39, 0.29) is 11.9 Å². The van der Waals surface area contributed by atoms with Crippen molar-refractivity contribution in [3.63, 3.8) is 0 Å². The maximum absolute atomic E-state index is 12.5. The zero-order valence-electron chi connectivity index (χ0n) is 17.0. The molecule has 1 unspecified atom stereocenters. The number of anilines is 1. The van der Waals surface area contributed by atoms with Gasteiger partial charge in [0.15, 0.2) is 0 Å². The fourth-order valence-corrected chi connectivity index (χ4v) is 3.44. The van der Waals surface area contributed by atoms with E-state index in [9.17, 15) is 4.79 Å². The number of nitrogens with one attached hydrogen (secondary N) is 2. The number of para-hydroxylation sites is 1. The van der Waals surface area contributed by atoms with Crippen molar-refractivity contribution in [2.75, 3.05) is 45.2 Å². The van der Waals surface area contributed by atoms with Crippen LogP contribution in [0.3, 0.4) is 0 Å². The lowest BCUT2D eigenvalue weighted by molar-refractivity contribution is 0.159. The van der Waals surface area contributed by atoms with Gasteiger partial charge in [0.1, 0.15) is 5.82 Å². The summed E-state index contributed by atoms with van der Waals surface area (Å²) in [7, 11) is 1.73. The smallest absolute Gasteiger partial charge is 0.320 e. The third-order valence-corrected chi connectivity index (χ3v) is 5.10. The van der Waals surface area contributed by atoms with E-state index in [1.165, 1.54) is 0 Å². The highest BCUT2D eigenvalue weighted by atomic mass is 16.5. The van der Waals surface area contributed by atoms with Crippen LogP contribution < -0.4 is 10.6 Å². The number of hydrogen-bond donors (Lipinski definition) is 2. The Morgan fingerprint density at radius 2 is 2.11 bits per heavy atom. The predicted octanol–water partition coefficient (Wildman–Crippen LogP) is 3.09. The highest BCUT2D eigenvalue weighted by Gasteiger charge is 2.22. The third kappa shape index (κ3) is 5.33. The summed E-state index contributed by atoms with van der Waals surface area (Å²) < 4.78 is 6.93. The number of ether oxygens (including phenoxy) is 1. The summed E-state index contributed by atoms with van der Waals surface area (Å²) in [4.78, 5) is 14.9. The van der Waals surface area contributed by atoms with Gasteiger partial charge < -0.3 is 15.0 Å². The van der Waals surface area contributed by atoms with Crippen LogP contribution in [0.4, 0.5) is 10.6 Å². The summed E-state index contributed by atoms with van der Waals surface area (Å²) in [5.41, 5.74) is 1.87. The number of hydrogen-bond acceptors (Lipinski definition) is 4. The van der Waals surface area contributed by atoms with Crippen molar-refractivity contribution in [1.82, 2.24) is 20.0 Å². The van der Waals surface area contributed by atoms with Crippen LogP contribution >= 0.6 is 0 Å². The number of likely N-dealkylation sites (tertiary alicyclic amines) is 1. The molecule has 0 bridgehead atoms. The molecule has 152 valence electrons. The molecule has 2 N–H and O–H groups in total. The van der Waals surface area contributed by atoms with Crippen molar-refractivity contribution in [2.24, 2.45) is 5.92 Å². The van der Waals surface area contributed by atoms with E-state index in [1.54, 1.807) is 11.8 Å². The summed E-state index contributed by atoms with van der Waals surface area (Å²) in [6.45, 7) is 8.63. The van der Waals surface area contributed by atoms with Gasteiger partial charge in [0.2, 0.25) is 0 Å². The summed E-state index contributed by atoms with van der Waals surface area (Å²) in [6.07, 6.45) is 1.10. The zero-order chi connectivity index (χ0) is 19.9. The molecule has 1 atom stereocenters. The SMILES string of the molecule is COCCN1CCC(CNC(=O)Nc2cc(C(C)C)nn2-c2ccccc2)C1. The molecule has 0 spiro atoms. The fraction of sp³-hybridized carbons (Fsp3) is 0.524. The van der Waals surface area contributed by atoms with Crippen LogP contribution in [-0.4, -0.2) is 60.6 Å². The van der Waals surface area contributed by atoms with Gasteiger partial charge in [0.05, 0.1) is 18.0 Å². The Hall–Kier alpha value is -2.38. The van der Waals surface area contributed by atoms with E-state index in [0.717, 1.165) is 44.0 Å². The Balaban J connectivity index is 1.58. The van der Waals surface area contributed by atoms with Crippen molar-refractivity contribution >= 4 is 11.8 Å². The third-order valence-electron chi connectivity index (χ3n) is 5.10. The number of methoxy groups -OCH3 is 1. The number of rotatable bonds is 8. The van der Waals surface area contributed by atoms with Crippen LogP contribution in [-0.2, 0) is 4.74 Å². The highest BCUT2D eigenvalue weighted by Crippen LogP contribution is 2.22. The molecule has 0 radical (unpaired) electrons. The van der Waals surface area contributed by atoms with Crippen LogP contribution in [0.15, 0.2) is 36.4 Å². The van der Waals surface area contributed by atoms with Crippen molar-refractivity contribution in [3.05, 3.63) is 42.1 Å². The molecule has 2 aromatic rings. The minimum atomic E-state index is -0.192. The first-order valence-electron chi connectivity index (χ1n) is 9.98. The van der Waals surface area contributed by atoms with Gasteiger partial charge in [-0.05, 0) is 36.9 Å². The second-order valence-electron chi connectivity index (χ2n) is 7.64. The van der Waals surface area contributed by atoms with Gasteiger partial charge in [0, 0.05) is 32.8 Å². The number of nitrogens with zero attached hydrogens (tertiary/aromatic N) is 3. The van der Waals surface area contributed by atoms with E-state index >= 15 is 0 Å². The lowest BCUT2D eigenvalue weighted by Gasteiger charge is -2.16. The van der Waals surface area contributed by atoms with Gasteiger partial charge in [-0.2, -0.15) is 5.10 Å². The monoisotopic (exact) mass is 385 g/mol. The summed E-state index contributed by atoms with van der Waals surface area (Å²) in [5.74, 6) is 1.44. The Morgan fingerprint density at radius 1 is 1.32 bits per heavy atom. The quantitative estimate of drug-likeness (QED) is 0.733. The van der Waals surface area contributed by atoms with Crippen molar-refractivity contribution in [2.45, 2.75) is 26.2 Å². The number of aromatic nitrogens is 2. The molecule has 0 saturated carbocycles. The van der Waals surface area contributed by atoms with E-state index in [4.69, 9.17) is 4.74 Å². The molecule has 3 rings (SSSR count). The molecule has 28 heavy (non-hydrogen) atoms. The topological polar surface area (TPSA) is 71.4 Å². The normalized spacial score (nSPS) is 17.2. The average molecular weight is 386 g/mol. The van der Waals surface area contributed by atoms with Crippen molar-refractivity contribution < 1.29 is 9.53 Å². The first kappa shape index (κ1) is 20.4. The maximum Gasteiger partial charge on any atom is 0.320 e. The molecule has 7 nitrogen and oxygen atoms in total. The van der Waals surface area contributed by atoms with Crippen molar-refractivity contribution in [1.29, 1.82) is 0 Å². The Bertz CT molecular complexity index is 759. The molecule has 1 fully saturated rings. The van der Waals surface area contributed by atoms with Crippen LogP contribution in [0.1, 0.15) is 31.9 Å². The fourth-order valence-electron chi connectivity index (χ4n) is 3.44. The minimum Gasteiger partial charge on any atom is -0.383 e. The Morgan fingerprint density at radius 3 is 2.82 bits per heavy atom. The van der Waals surface area contributed by atoms with Gasteiger partial charge >= 0.3 is 6.03 Å². The number of urea groups is 1. The van der Waals surface area contributed by atoms with E-state index < -0.39 is 0 Å². The first-order chi connectivity index (χ1) is 13.6. The second-order valence-corrected chi connectivity index (χ2v) is 7.64. The predicted molar refractivity (Wildman–Crippen MR) is 111 cm³/mol. The van der Waals surface area contributed by atoms with Gasteiger partial charge in [-0.3, -0.25) is 5.32 Å². The maximum atomic E-state index is 12.5. The second kappa shape index (κ2) is 9.71. The van der Waals surface area contributed by atoms with E-state index in [0.29, 0.717) is 18.3 Å². The summed E-state index contributed by atoms with van der Waals surface area (Å²) >= 11 is 0. The average Bonchev–Trinajstić information content (AvgIpc) is 3.32. The lowest BCUT2D eigenvalue weighted by atomic mass is 10.1. The molecule has 7 heteroatoms. The largest absolute Gasteiger partial charge is 0.383 e. The molecule has 1 aliphatic rings. The van der Waals surface area contributed by atoms with E-state index in [2.05, 4.69) is 34.5 Å². The van der Waals surface area contributed by atoms with Crippen LogP contribution in [0, 0.1) is 5.92 Å². The van der Waals surface area contributed by atoms with Crippen molar-refractivity contribution in [3.8, 4) is 5.69 Å². The molecule has 2 heterocycles. The lowest BCUT2D eigenvalue weighted by Crippen LogP contribution is -2.35. The molecule has 1 aliphatic heterocycles.